The molecule has 3 rings (SSSR count). The van der Waals surface area contributed by atoms with Crippen molar-refractivity contribution in [3.05, 3.63) is 59.7 Å². The summed E-state index contributed by atoms with van der Waals surface area (Å²) in [5.74, 6) is 0.694. The third kappa shape index (κ3) is 4.77. The molecule has 140 valence electrons. The molecule has 0 saturated carbocycles. The number of rotatable bonds is 6. The van der Waals surface area contributed by atoms with Gasteiger partial charge in [-0.3, -0.25) is 4.79 Å². The smallest absolute Gasteiger partial charge is 0.277 e. The van der Waals surface area contributed by atoms with Crippen LogP contribution in [0.5, 0.6) is 0 Å². The number of amides is 1. The zero-order chi connectivity index (χ0) is 19.4. The molecule has 1 aromatic heterocycles. The van der Waals surface area contributed by atoms with Crippen LogP contribution in [0.1, 0.15) is 37.8 Å². The number of carbonyl (C=O) groups is 1. The number of hydrogen-bond acceptors (Lipinski definition) is 5. The second kappa shape index (κ2) is 8.39. The standard InChI is InChI=1S/C21H23N3O2S/c1-13(2)17-10-5-6-11-18(17)22-19(25)15(4)27-21-24-23-20(26-21)16-9-7-8-14(3)12-16/h5-13,15H,1-4H3,(H,22,25)/t15-/m0/s1. The number of aromatic nitrogens is 2. The second-order valence-corrected chi connectivity index (χ2v) is 8.03. The van der Waals surface area contributed by atoms with Gasteiger partial charge in [-0.2, -0.15) is 0 Å². The highest BCUT2D eigenvalue weighted by Gasteiger charge is 2.20. The molecule has 0 unspecified atom stereocenters. The Morgan fingerprint density at radius 1 is 1.07 bits per heavy atom. The maximum atomic E-state index is 12.6. The second-order valence-electron chi connectivity index (χ2n) is 6.73. The number of benzene rings is 2. The predicted molar refractivity (Wildman–Crippen MR) is 109 cm³/mol. The van der Waals surface area contributed by atoms with Crippen molar-refractivity contribution >= 4 is 23.4 Å². The molecular weight excluding hydrogens is 358 g/mol. The van der Waals surface area contributed by atoms with Crippen molar-refractivity contribution in [2.75, 3.05) is 5.32 Å². The zero-order valence-electron chi connectivity index (χ0n) is 15.9. The molecule has 0 saturated heterocycles. The molecule has 0 fully saturated rings. The number of carbonyl (C=O) groups excluding carboxylic acids is 1. The Kier molecular flexibility index (Phi) is 5.96. The lowest BCUT2D eigenvalue weighted by atomic mass is 10.0. The number of nitrogens with zero attached hydrogens (tertiary/aromatic N) is 2. The van der Waals surface area contributed by atoms with Crippen molar-refractivity contribution in [2.24, 2.45) is 0 Å². The van der Waals surface area contributed by atoms with E-state index < -0.39 is 0 Å². The minimum absolute atomic E-state index is 0.0941. The largest absolute Gasteiger partial charge is 0.411 e. The summed E-state index contributed by atoms with van der Waals surface area (Å²) in [7, 11) is 0. The molecule has 0 aliphatic heterocycles. The summed E-state index contributed by atoms with van der Waals surface area (Å²) in [4.78, 5) is 12.6. The van der Waals surface area contributed by atoms with Crippen LogP contribution in [-0.4, -0.2) is 21.4 Å². The molecule has 1 atom stereocenters. The Balaban J connectivity index is 1.67. The van der Waals surface area contributed by atoms with Crippen LogP contribution in [0.2, 0.25) is 0 Å². The molecule has 1 heterocycles. The molecule has 6 heteroatoms. The van der Waals surface area contributed by atoms with Gasteiger partial charge < -0.3 is 9.73 Å². The first-order valence-electron chi connectivity index (χ1n) is 8.91. The highest BCUT2D eigenvalue weighted by atomic mass is 32.2. The third-order valence-corrected chi connectivity index (χ3v) is 5.09. The van der Waals surface area contributed by atoms with Crippen molar-refractivity contribution in [3.8, 4) is 11.5 Å². The molecule has 0 aliphatic rings. The third-order valence-electron chi connectivity index (χ3n) is 4.16. The number of para-hydroxylation sites is 1. The molecule has 5 nitrogen and oxygen atoms in total. The van der Waals surface area contributed by atoms with Crippen LogP contribution in [-0.2, 0) is 4.79 Å². The molecule has 1 amide bonds. The molecule has 3 aromatic rings. The van der Waals surface area contributed by atoms with Crippen LogP contribution < -0.4 is 5.32 Å². The molecule has 0 bridgehead atoms. The normalized spacial score (nSPS) is 12.2. The number of anilines is 1. The highest BCUT2D eigenvalue weighted by molar-refractivity contribution is 8.00. The number of hydrogen-bond donors (Lipinski definition) is 1. The average molecular weight is 382 g/mol. The van der Waals surface area contributed by atoms with Crippen LogP contribution in [0.15, 0.2) is 58.2 Å². The molecule has 0 spiro atoms. The van der Waals surface area contributed by atoms with E-state index in [1.807, 2.05) is 62.4 Å². The van der Waals surface area contributed by atoms with E-state index >= 15 is 0 Å². The summed E-state index contributed by atoms with van der Waals surface area (Å²) in [5.41, 5.74) is 3.95. The van der Waals surface area contributed by atoms with Crippen LogP contribution in [0.25, 0.3) is 11.5 Å². The Morgan fingerprint density at radius 2 is 1.85 bits per heavy atom. The van der Waals surface area contributed by atoms with Gasteiger partial charge in [0, 0.05) is 11.3 Å². The zero-order valence-corrected chi connectivity index (χ0v) is 16.7. The molecule has 2 aromatic carbocycles. The molecule has 0 radical (unpaired) electrons. The average Bonchev–Trinajstić information content (AvgIpc) is 3.10. The first-order valence-corrected chi connectivity index (χ1v) is 9.79. The van der Waals surface area contributed by atoms with Gasteiger partial charge in [0.25, 0.3) is 5.22 Å². The van der Waals surface area contributed by atoms with E-state index in [0.717, 1.165) is 22.4 Å². The lowest BCUT2D eigenvalue weighted by Gasteiger charge is -2.15. The summed E-state index contributed by atoms with van der Waals surface area (Å²) in [5, 5.41) is 11.2. The van der Waals surface area contributed by atoms with Crippen molar-refractivity contribution in [2.45, 2.75) is 44.1 Å². The summed E-state index contributed by atoms with van der Waals surface area (Å²) >= 11 is 1.25. The van der Waals surface area contributed by atoms with Crippen molar-refractivity contribution in [1.82, 2.24) is 10.2 Å². The molecule has 0 aliphatic carbocycles. The van der Waals surface area contributed by atoms with Crippen LogP contribution in [0.4, 0.5) is 5.69 Å². The Labute approximate surface area is 163 Å². The first kappa shape index (κ1) is 19.2. The summed E-state index contributed by atoms with van der Waals surface area (Å²) in [6.45, 7) is 8.05. The quantitative estimate of drug-likeness (QED) is 0.588. The molecule has 27 heavy (non-hydrogen) atoms. The monoisotopic (exact) mass is 381 g/mol. The van der Waals surface area contributed by atoms with Gasteiger partial charge in [0.15, 0.2) is 0 Å². The number of thioether (sulfide) groups is 1. The summed E-state index contributed by atoms with van der Waals surface area (Å²) in [6.07, 6.45) is 0. The SMILES string of the molecule is Cc1cccc(-c2nnc(S[C@@H](C)C(=O)Nc3ccccc3C(C)C)o2)c1. The maximum absolute atomic E-state index is 12.6. The Morgan fingerprint density at radius 3 is 2.59 bits per heavy atom. The van der Waals surface area contributed by atoms with E-state index in [9.17, 15) is 4.79 Å². The number of aryl methyl sites for hydroxylation is 1. The van der Waals surface area contributed by atoms with Gasteiger partial charge in [0.2, 0.25) is 11.8 Å². The van der Waals surface area contributed by atoms with E-state index in [1.54, 1.807) is 0 Å². The van der Waals surface area contributed by atoms with Gasteiger partial charge in [-0.15, -0.1) is 10.2 Å². The molecule has 1 N–H and O–H groups in total. The van der Waals surface area contributed by atoms with Gasteiger partial charge in [-0.25, -0.2) is 0 Å². The van der Waals surface area contributed by atoms with E-state index in [-0.39, 0.29) is 11.2 Å². The Bertz CT molecular complexity index is 936. The summed E-state index contributed by atoms with van der Waals surface area (Å²) < 4.78 is 5.72. The molecular formula is C21H23N3O2S. The van der Waals surface area contributed by atoms with Crippen molar-refractivity contribution < 1.29 is 9.21 Å². The van der Waals surface area contributed by atoms with E-state index in [2.05, 4.69) is 29.4 Å². The minimum atomic E-state index is -0.365. The minimum Gasteiger partial charge on any atom is -0.411 e. The maximum Gasteiger partial charge on any atom is 0.277 e. The van der Waals surface area contributed by atoms with Gasteiger partial charge >= 0.3 is 0 Å². The van der Waals surface area contributed by atoms with Crippen LogP contribution in [0, 0.1) is 6.92 Å². The van der Waals surface area contributed by atoms with Crippen LogP contribution >= 0.6 is 11.8 Å². The highest BCUT2D eigenvalue weighted by Crippen LogP contribution is 2.28. The predicted octanol–water partition coefficient (Wildman–Crippen LogP) is 5.29. The topological polar surface area (TPSA) is 68.0 Å². The van der Waals surface area contributed by atoms with E-state index in [1.165, 1.54) is 11.8 Å². The van der Waals surface area contributed by atoms with Gasteiger partial charge in [-0.05, 0) is 43.5 Å². The fraction of sp³-hybridized carbons (Fsp3) is 0.286. The fourth-order valence-corrected chi connectivity index (χ4v) is 3.39. The first-order chi connectivity index (χ1) is 12.9. The van der Waals surface area contributed by atoms with Gasteiger partial charge in [0.1, 0.15) is 0 Å². The lowest BCUT2D eigenvalue weighted by Crippen LogP contribution is -2.23. The van der Waals surface area contributed by atoms with E-state index in [4.69, 9.17) is 4.42 Å². The summed E-state index contributed by atoms with van der Waals surface area (Å²) in [6, 6.07) is 15.7. The fourth-order valence-electron chi connectivity index (χ4n) is 2.71. The number of nitrogens with one attached hydrogen (secondary N) is 1. The Hall–Kier alpha value is -2.60. The van der Waals surface area contributed by atoms with E-state index in [0.29, 0.717) is 17.0 Å². The van der Waals surface area contributed by atoms with Crippen molar-refractivity contribution in [1.29, 1.82) is 0 Å². The van der Waals surface area contributed by atoms with Crippen molar-refractivity contribution in [3.63, 3.8) is 0 Å². The lowest BCUT2D eigenvalue weighted by molar-refractivity contribution is -0.115. The van der Waals surface area contributed by atoms with Gasteiger partial charge in [0.05, 0.1) is 5.25 Å². The van der Waals surface area contributed by atoms with Crippen LogP contribution in [0.3, 0.4) is 0 Å². The van der Waals surface area contributed by atoms with Gasteiger partial charge in [-0.1, -0.05) is 61.5 Å².